The van der Waals surface area contributed by atoms with Crippen molar-refractivity contribution in [2.24, 2.45) is 0 Å². The Morgan fingerprint density at radius 3 is 2.58 bits per heavy atom. The molecule has 0 saturated carbocycles. The van der Waals surface area contributed by atoms with Crippen LogP contribution in [-0.2, 0) is 17.9 Å². The third kappa shape index (κ3) is 3.54. The van der Waals surface area contributed by atoms with Gasteiger partial charge in [0.2, 0.25) is 5.91 Å². The van der Waals surface area contributed by atoms with Crippen LogP contribution < -0.4 is 0 Å². The summed E-state index contributed by atoms with van der Waals surface area (Å²) in [5.74, 6) is 0.931. The average Bonchev–Trinajstić information content (AvgIpc) is 2.93. The number of fused-ring (bicyclic) bond motifs is 1. The fourth-order valence-corrected chi connectivity index (χ4v) is 2.63. The van der Waals surface area contributed by atoms with Crippen LogP contribution in [0.5, 0.6) is 0 Å². The van der Waals surface area contributed by atoms with Crippen LogP contribution in [0.15, 0.2) is 60.7 Å². The van der Waals surface area contributed by atoms with Crippen LogP contribution >= 0.6 is 0 Å². The van der Waals surface area contributed by atoms with E-state index in [2.05, 4.69) is 34.9 Å². The topological polar surface area (TPSA) is 38.1 Å². The van der Waals surface area contributed by atoms with Gasteiger partial charge < -0.3 is 9.47 Å². The van der Waals surface area contributed by atoms with Crippen molar-refractivity contribution in [3.8, 4) is 0 Å². The summed E-state index contributed by atoms with van der Waals surface area (Å²) in [4.78, 5) is 17.9. The minimum absolute atomic E-state index is 0.0356. The normalized spacial score (nSPS) is 11.2. The number of hydrogen-bond donors (Lipinski definition) is 0. The first-order chi connectivity index (χ1) is 11.6. The van der Waals surface area contributed by atoms with Crippen molar-refractivity contribution in [3.05, 3.63) is 72.1 Å². The monoisotopic (exact) mass is 319 g/mol. The number of rotatable bonds is 5. The van der Waals surface area contributed by atoms with Gasteiger partial charge in [-0.25, -0.2) is 4.98 Å². The molecule has 3 aromatic rings. The van der Waals surface area contributed by atoms with Crippen LogP contribution in [-0.4, -0.2) is 27.4 Å². The summed E-state index contributed by atoms with van der Waals surface area (Å²) < 4.78 is 2.16. The second-order valence-electron chi connectivity index (χ2n) is 5.82. The number of imidazole rings is 1. The van der Waals surface area contributed by atoms with Gasteiger partial charge in [0.25, 0.3) is 0 Å². The first-order valence-corrected chi connectivity index (χ1v) is 8.02. The highest BCUT2D eigenvalue weighted by atomic mass is 16.2. The highest BCUT2D eigenvalue weighted by Crippen LogP contribution is 2.17. The largest absolute Gasteiger partial charge is 0.339 e. The van der Waals surface area contributed by atoms with E-state index in [9.17, 15) is 4.79 Å². The zero-order chi connectivity index (χ0) is 16.9. The Morgan fingerprint density at radius 1 is 1.12 bits per heavy atom. The van der Waals surface area contributed by atoms with Crippen molar-refractivity contribution in [2.45, 2.75) is 20.0 Å². The summed E-state index contributed by atoms with van der Waals surface area (Å²) in [6, 6.07) is 18.3. The number of para-hydroxylation sites is 2. The van der Waals surface area contributed by atoms with E-state index in [1.807, 2.05) is 36.4 Å². The van der Waals surface area contributed by atoms with E-state index in [0.29, 0.717) is 6.54 Å². The van der Waals surface area contributed by atoms with Gasteiger partial charge in [0.05, 0.1) is 17.6 Å². The number of benzene rings is 2. The molecule has 0 N–H and O–H groups in total. The standard InChI is InChI=1S/C20H21N3O/c1-16(24)22(2)15-20-21-18-12-6-7-13-19(18)23(20)14-8-11-17-9-4-3-5-10-17/h3-13H,14-15H2,1-2H3. The van der Waals surface area contributed by atoms with E-state index in [1.165, 1.54) is 5.56 Å². The summed E-state index contributed by atoms with van der Waals surface area (Å²) in [5.41, 5.74) is 3.21. The van der Waals surface area contributed by atoms with Gasteiger partial charge in [-0.2, -0.15) is 0 Å². The lowest BCUT2D eigenvalue weighted by atomic mass is 10.2. The van der Waals surface area contributed by atoms with E-state index in [1.54, 1.807) is 18.9 Å². The molecule has 0 fully saturated rings. The molecule has 0 aliphatic rings. The SMILES string of the molecule is CC(=O)N(C)Cc1nc2ccccc2n1CC=Cc1ccccc1. The lowest BCUT2D eigenvalue weighted by Gasteiger charge is -2.15. The van der Waals surface area contributed by atoms with Gasteiger partial charge in [-0.1, -0.05) is 54.6 Å². The predicted molar refractivity (Wildman–Crippen MR) is 97.4 cm³/mol. The molecule has 0 bridgehead atoms. The second-order valence-corrected chi connectivity index (χ2v) is 5.82. The van der Waals surface area contributed by atoms with Gasteiger partial charge >= 0.3 is 0 Å². The fraction of sp³-hybridized carbons (Fsp3) is 0.200. The van der Waals surface area contributed by atoms with Crippen molar-refractivity contribution in [2.75, 3.05) is 7.05 Å². The Hall–Kier alpha value is -2.88. The van der Waals surface area contributed by atoms with Gasteiger partial charge in [-0.05, 0) is 17.7 Å². The minimum Gasteiger partial charge on any atom is -0.339 e. The molecular formula is C20H21N3O. The molecular weight excluding hydrogens is 298 g/mol. The number of nitrogens with zero attached hydrogens (tertiary/aromatic N) is 3. The van der Waals surface area contributed by atoms with Crippen LogP contribution in [0.4, 0.5) is 0 Å². The molecule has 1 heterocycles. The molecule has 4 heteroatoms. The quantitative estimate of drug-likeness (QED) is 0.719. The van der Waals surface area contributed by atoms with E-state index < -0.39 is 0 Å². The average molecular weight is 319 g/mol. The third-order valence-corrected chi connectivity index (χ3v) is 4.05. The number of aromatic nitrogens is 2. The lowest BCUT2D eigenvalue weighted by molar-refractivity contribution is -0.128. The number of carbonyl (C=O) groups is 1. The number of carbonyl (C=O) groups excluding carboxylic acids is 1. The molecule has 122 valence electrons. The maximum atomic E-state index is 11.5. The Bertz CT molecular complexity index is 865. The molecule has 0 aliphatic carbocycles. The molecule has 0 spiro atoms. The zero-order valence-electron chi connectivity index (χ0n) is 14.0. The third-order valence-electron chi connectivity index (χ3n) is 4.05. The van der Waals surface area contributed by atoms with Crippen LogP contribution in [0.25, 0.3) is 17.1 Å². The summed E-state index contributed by atoms with van der Waals surface area (Å²) in [6.07, 6.45) is 4.23. The molecule has 0 aliphatic heterocycles. The highest BCUT2D eigenvalue weighted by molar-refractivity contribution is 5.76. The Balaban J connectivity index is 1.89. The molecule has 0 atom stereocenters. The van der Waals surface area contributed by atoms with E-state index in [-0.39, 0.29) is 5.91 Å². The smallest absolute Gasteiger partial charge is 0.219 e. The lowest BCUT2D eigenvalue weighted by Crippen LogP contribution is -2.25. The second kappa shape index (κ2) is 7.13. The molecule has 1 aromatic heterocycles. The Morgan fingerprint density at radius 2 is 1.83 bits per heavy atom. The van der Waals surface area contributed by atoms with Gasteiger partial charge in [0, 0.05) is 20.5 Å². The highest BCUT2D eigenvalue weighted by Gasteiger charge is 2.12. The number of hydrogen-bond acceptors (Lipinski definition) is 2. The summed E-state index contributed by atoms with van der Waals surface area (Å²) in [7, 11) is 1.80. The summed E-state index contributed by atoms with van der Waals surface area (Å²) in [5, 5.41) is 0. The number of amides is 1. The zero-order valence-corrected chi connectivity index (χ0v) is 14.0. The van der Waals surface area contributed by atoms with E-state index in [4.69, 9.17) is 4.98 Å². The van der Waals surface area contributed by atoms with Gasteiger partial charge in [-0.3, -0.25) is 4.79 Å². The van der Waals surface area contributed by atoms with Crippen molar-refractivity contribution in [1.82, 2.24) is 14.5 Å². The Kier molecular flexibility index (Phi) is 4.75. The maximum absolute atomic E-state index is 11.5. The molecule has 1 amide bonds. The van der Waals surface area contributed by atoms with Crippen molar-refractivity contribution in [3.63, 3.8) is 0 Å². The molecule has 0 unspecified atom stereocenters. The summed E-state index contributed by atoms with van der Waals surface area (Å²) in [6.45, 7) is 2.79. The predicted octanol–water partition coefficient (Wildman–Crippen LogP) is 3.73. The van der Waals surface area contributed by atoms with Gasteiger partial charge in [0.1, 0.15) is 5.82 Å². The van der Waals surface area contributed by atoms with Crippen molar-refractivity contribution < 1.29 is 4.79 Å². The molecule has 24 heavy (non-hydrogen) atoms. The van der Waals surface area contributed by atoms with Gasteiger partial charge in [-0.15, -0.1) is 0 Å². The Labute approximate surface area is 142 Å². The summed E-state index contributed by atoms with van der Waals surface area (Å²) >= 11 is 0. The molecule has 0 saturated heterocycles. The fourth-order valence-electron chi connectivity index (χ4n) is 2.63. The first-order valence-electron chi connectivity index (χ1n) is 8.02. The maximum Gasteiger partial charge on any atom is 0.219 e. The van der Waals surface area contributed by atoms with Gasteiger partial charge in [0.15, 0.2) is 0 Å². The van der Waals surface area contributed by atoms with Crippen molar-refractivity contribution in [1.29, 1.82) is 0 Å². The number of allylic oxidation sites excluding steroid dienone is 1. The van der Waals surface area contributed by atoms with Crippen LogP contribution in [0.1, 0.15) is 18.3 Å². The molecule has 0 radical (unpaired) electrons. The molecule has 3 rings (SSSR count). The van der Waals surface area contributed by atoms with E-state index in [0.717, 1.165) is 23.4 Å². The van der Waals surface area contributed by atoms with Crippen LogP contribution in [0.2, 0.25) is 0 Å². The minimum atomic E-state index is 0.0356. The first kappa shape index (κ1) is 16.0. The molecule has 2 aromatic carbocycles. The molecule has 4 nitrogen and oxygen atoms in total. The van der Waals surface area contributed by atoms with E-state index >= 15 is 0 Å². The van der Waals surface area contributed by atoms with Crippen molar-refractivity contribution >= 4 is 23.0 Å². The van der Waals surface area contributed by atoms with Crippen LogP contribution in [0, 0.1) is 0 Å². The van der Waals surface area contributed by atoms with Crippen LogP contribution in [0.3, 0.4) is 0 Å².